The fourth-order valence-electron chi connectivity index (χ4n) is 5.60. The van der Waals surface area contributed by atoms with E-state index in [1.54, 1.807) is 13.8 Å². The van der Waals surface area contributed by atoms with Crippen molar-refractivity contribution in [3.8, 4) is 11.5 Å². The molecule has 43 heavy (non-hydrogen) atoms. The van der Waals surface area contributed by atoms with Crippen LogP contribution in [0.3, 0.4) is 0 Å². The lowest BCUT2D eigenvalue weighted by Gasteiger charge is -2.47. The van der Waals surface area contributed by atoms with Gasteiger partial charge in [0.25, 0.3) is 0 Å². The Hall–Kier alpha value is -4.00. The molecule has 236 valence electrons. The SMILES string of the molecule is CC(=O)Oc1cc(OC(C)=O)c2c(c1C)CC([C@H](C)[C@H](C[C@H]1O[C@H](C(N)=O)C[C@@H](OC(C)=O)C1(C)C)OC(C)=O)OC2=O. The van der Waals surface area contributed by atoms with Gasteiger partial charge >= 0.3 is 29.8 Å². The lowest BCUT2D eigenvalue weighted by molar-refractivity contribution is -0.206. The topological polar surface area (TPSA) is 184 Å². The molecule has 1 aromatic carbocycles. The summed E-state index contributed by atoms with van der Waals surface area (Å²) in [7, 11) is 0. The number of amides is 1. The Morgan fingerprint density at radius 3 is 2.14 bits per heavy atom. The van der Waals surface area contributed by atoms with Crippen molar-refractivity contribution in [1.82, 2.24) is 0 Å². The second kappa shape index (κ2) is 13.1. The molecule has 3 rings (SSSR count). The molecule has 0 aromatic heterocycles. The van der Waals surface area contributed by atoms with Crippen LogP contribution in [0.4, 0.5) is 0 Å². The van der Waals surface area contributed by atoms with Gasteiger partial charge in [0.1, 0.15) is 41.5 Å². The van der Waals surface area contributed by atoms with Crippen LogP contribution in [-0.2, 0) is 49.3 Å². The number of nitrogens with two attached hydrogens (primary N) is 1. The van der Waals surface area contributed by atoms with Gasteiger partial charge in [-0.05, 0) is 18.1 Å². The van der Waals surface area contributed by atoms with E-state index in [2.05, 4.69) is 0 Å². The molecule has 0 bridgehead atoms. The minimum Gasteiger partial charge on any atom is -0.462 e. The normalized spacial score (nSPS) is 24.0. The van der Waals surface area contributed by atoms with Crippen LogP contribution in [0.15, 0.2) is 6.07 Å². The zero-order valence-corrected chi connectivity index (χ0v) is 25.6. The number of hydrogen-bond donors (Lipinski definition) is 1. The van der Waals surface area contributed by atoms with Gasteiger partial charge in [0.05, 0.1) is 6.10 Å². The van der Waals surface area contributed by atoms with Gasteiger partial charge in [0.2, 0.25) is 5.91 Å². The third-order valence-electron chi connectivity index (χ3n) is 7.99. The molecule has 1 amide bonds. The van der Waals surface area contributed by atoms with Gasteiger partial charge in [0.15, 0.2) is 0 Å². The van der Waals surface area contributed by atoms with Crippen LogP contribution in [0, 0.1) is 18.3 Å². The van der Waals surface area contributed by atoms with Gasteiger partial charge in [-0.1, -0.05) is 20.8 Å². The number of hydrogen-bond acceptors (Lipinski definition) is 12. The fourth-order valence-corrected chi connectivity index (χ4v) is 5.60. The van der Waals surface area contributed by atoms with E-state index in [4.69, 9.17) is 34.2 Å². The Morgan fingerprint density at radius 2 is 1.60 bits per heavy atom. The summed E-state index contributed by atoms with van der Waals surface area (Å²) < 4.78 is 33.7. The molecule has 0 saturated carbocycles. The third kappa shape index (κ3) is 7.70. The highest BCUT2D eigenvalue weighted by molar-refractivity contribution is 5.97. The molecule has 1 aromatic rings. The smallest absolute Gasteiger partial charge is 0.342 e. The molecule has 1 saturated heterocycles. The molecule has 13 nitrogen and oxygen atoms in total. The van der Waals surface area contributed by atoms with Crippen LogP contribution in [0.2, 0.25) is 0 Å². The first-order valence-corrected chi connectivity index (χ1v) is 14.0. The summed E-state index contributed by atoms with van der Waals surface area (Å²) in [6.07, 6.45) is -3.98. The summed E-state index contributed by atoms with van der Waals surface area (Å²) in [5.41, 5.74) is 5.68. The Labute approximate surface area is 249 Å². The first-order chi connectivity index (χ1) is 19.9. The van der Waals surface area contributed by atoms with Gasteiger partial charge in [0, 0.05) is 64.4 Å². The van der Waals surface area contributed by atoms with Crippen molar-refractivity contribution in [3.05, 3.63) is 22.8 Å². The van der Waals surface area contributed by atoms with E-state index in [0.29, 0.717) is 11.1 Å². The zero-order chi connectivity index (χ0) is 32.4. The monoisotopic (exact) mass is 605 g/mol. The second-order valence-corrected chi connectivity index (χ2v) is 11.6. The third-order valence-corrected chi connectivity index (χ3v) is 7.99. The standard InChI is InChI=1S/C30H39NO12/c1-13-19-9-20(43-29(37)27(19)23(40-17(5)34)10-21(13)38-15(3)32)14(2)22(39-16(4)33)11-26-30(7,8)25(41-18(6)35)12-24(42-26)28(31)36/h10,14,20,22,24-26H,9,11-12H2,1-8H3,(H2,31,36)/t14-,20?,22-,24-,25+,26+/m0/s1. The van der Waals surface area contributed by atoms with Gasteiger partial charge in [-0.3, -0.25) is 24.0 Å². The van der Waals surface area contributed by atoms with Gasteiger partial charge < -0.3 is 34.2 Å². The van der Waals surface area contributed by atoms with Crippen molar-refractivity contribution in [2.45, 2.75) is 105 Å². The Morgan fingerprint density at radius 1 is 1.00 bits per heavy atom. The predicted octanol–water partition coefficient (Wildman–Crippen LogP) is 2.49. The summed E-state index contributed by atoms with van der Waals surface area (Å²) in [5, 5.41) is 0. The van der Waals surface area contributed by atoms with E-state index in [9.17, 15) is 28.8 Å². The average Bonchev–Trinajstić information content (AvgIpc) is 2.86. The maximum absolute atomic E-state index is 13.3. The van der Waals surface area contributed by atoms with Crippen molar-refractivity contribution in [1.29, 1.82) is 0 Å². The second-order valence-electron chi connectivity index (χ2n) is 11.6. The summed E-state index contributed by atoms with van der Waals surface area (Å²) in [4.78, 5) is 73.0. The minimum atomic E-state index is -1.04. The maximum atomic E-state index is 13.3. The first kappa shape index (κ1) is 33.5. The maximum Gasteiger partial charge on any atom is 0.342 e. The number of primary amides is 1. The summed E-state index contributed by atoms with van der Waals surface area (Å²) in [5.74, 6) is -4.52. The number of carbonyl (C=O) groups excluding carboxylic acids is 6. The van der Waals surface area contributed by atoms with Crippen LogP contribution >= 0.6 is 0 Å². The molecule has 6 atom stereocenters. The summed E-state index contributed by atoms with van der Waals surface area (Å²) in [6, 6.07) is 1.29. The number of benzene rings is 1. The highest BCUT2D eigenvalue weighted by atomic mass is 16.6. The number of esters is 5. The average molecular weight is 606 g/mol. The van der Waals surface area contributed by atoms with Crippen molar-refractivity contribution in [3.63, 3.8) is 0 Å². The fraction of sp³-hybridized carbons (Fsp3) is 0.600. The molecule has 1 fully saturated rings. The van der Waals surface area contributed by atoms with Crippen molar-refractivity contribution in [2.75, 3.05) is 0 Å². The molecule has 2 aliphatic rings. The molecule has 2 N–H and O–H groups in total. The van der Waals surface area contributed by atoms with E-state index < -0.39 is 77.6 Å². The highest BCUT2D eigenvalue weighted by Gasteiger charge is 2.50. The zero-order valence-electron chi connectivity index (χ0n) is 25.6. The molecule has 0 spiro atoms. The number of ether oxygens (including phenoxy) is 6. The molecule has 0 aliphatic carbocycles. The van der Waals surface area contributed by atoms with Gasteiger partial charge in [-0.25, -0.2) is 4.79 Å². The van der Waals surface area contributed by atoms with Crippen LogP contribution < -0.4 is 15.2 Å². The number of carbonyl (C=O) groups is 6. The molecule has 2 heterocycles. The van der Waals surface area contributed by atoms with E-state index >= 15 is 0 Å². The number of cyclic esters (lactones) is 1. The molecular formula is C30H39NO12. The minimum absolute atomic E-state index is 0.0290. The lowest BCUT2D eigenvalue weighted by Crippen LogP contribution is -2.56. The summed E-state index contributed by atoms with van der Waals surface area (Å²) >= 11 is 0. The summed E-state index contributed by atoms with van der Waals surface area (Å²) in [6.45, 7) is 11.9. The molecule has 0 radical (unpaired) electrons. The number of rotatable bonds is 9. The van der Waals surface area contributed by atoms with E-state index in [0.717, 1.165) is 0 Å². The van der Waals surface area contributed by atoms with Crippen molar-refractivity contribution in [2.24, 2.45) is 17.1 Å². The van der Waals surface area contributed by atoms with Crippen LogP contribution in [0.25, 0.3) is 0 Å². The largest absolute Gasteiger partial charge is 0.462 e. The van der Waals surface area contributed by atoms with Crippen LogP contribution in [0.1, 0.15) is 82.8 Å². The van der Waals surface area contributed by atoms with E-state index in [1.165, 1.54) is 33.8 Å². The van der Waals surface area contributed by atoms with Crippen molar-refractivity contribution < 1.29 is 57.2 Å². The first-order valence-electron chi connectivity index (χ1n) is 14.0. The Balaban J connectivity index is 1.99. The lowest BCUT2D eigenvalue weighted by atomic mass is 9.72. The predicted molar refractivity (Wildman–Crippen MR) is 148 cm³/mol. The van der Waals surface area contributed by atoms with Crippen molar-refractivity contribution >= 4 is 35.8 Å². The van der Waals surface area contributed by atoms with E-state index in [-0.39, 0.29) is 36.3 Å². The van der Waals surface area contributed by atoms with Gasteiger partial charge in [-0.2, -0.15) is 0 Å². The molecular weight excluding hydrogens is 566 g/mol. The van der Waals surface area contributed by atoms with E-state index in [1.807, 2.05) is 13.8 Å². The molecule has 2 aliphatic heterocycles. The molecule has 1 unspecified atom stereocenters. The van der Waals surface area contributed by atoms with Crippen LogP contribution in [-0.4, -0.2) is 66.3 Å². The van der Waals surface area contributed by atoms with Gasteiger partial charge in [-0.15, -0.1) is 0 Å². The molecule has 13 heteroatoms. The number of fused-ring (bicyclic) bond motifs is 1. The Bertz CT molecular complexity index is 1320. The Kier molecular flexibility index (Phi) is 10.2. The highest BCUT2D eigenvalue weighted by Crippen LogP contribution is 2.43. The van der Waals surface area contributed by atoms with Crippen LogP contribution in [0.5, 0.6) is 11.5 Å². The quantitative estimate of drug-likeness (QED) is 0.247.